The molecule has 2 aromatic heterocycles. The van der Waals surface area contributed by atoms with Crippen molar-refractivity contribution in [2.24, 2.45) is 11.8 Å². The van der Waals surface area contributed by atoms with Gasteiger partial charge in [-0.3, -0.25) is 4.79 Å². The predicted octanol–water partition coefficient (Wildman–Crippen LogP) is 0.638. The standard InChI is InChI=1S/C15H19N5O/c1-9-3-10(2)20-14(18-9)13(6-17-20)15(21)19-7-11-4-16-5-12(11)8-19/h3,6,11-12,16H,4-5,7-8H2,1-2H3/t11-,12+. The highest BCUT2D eigenvalue weighted by atomic mass is 16.2. The molecule has 0 unspecified atom stereocenters. The summed E-state index contributed by atoms with van der Waals surface area (Å²) in [6, 6.07) is 1.97. The quantitative estimate of drug-likeness (QED) is 0.835. The number of hydrogen-bond donors (Lipinski definition) is 1. The third-order valence-corrected chi connectivity index (χ3v) is 4.69. The first kappa shape index (κ1) is 12.8. The van der Waals surface area contributed by atoms with E-state index in [1.807, 2.05) is 24.8 Å². The molecule has 110 valence electrons. The summed E-state index contributed by atoms with van der Waals surface area (Å²) in [5.74, 6) is 1.27. The number of nitrogens with zero attached hydrogens (tertiary/aromatic N) is 4. The zero-order valence-corrected chi connectivity index (χ0v) is 12.3. The number of hydrogen-bond acceptors (Lipinski definition) is 4. The van der Waals surface area contributed by atoms with Crippen LogP contribution in [0.2, 0.25) is 0 Å². The molecule has 2 aliphatic heterocycles. The van der Waals surface area contributed by atoms with E-state index in [4.69, 9.17) is 0 Å². The average molecular weight is 285 g/mol. The second-order valence-corrected chi connectivity index (χ2v) is 6.22. The van der Waals surface area contributed by atoms with E-state index >= 15 is 0 Å². The van der Waals surface area contributed by atoms with Crippen LogP contribution in [0, 0.1) is 25.7 Å². The molecular formula is C15H19N5O. The van der Waals surface area contributed by atoms with E-state index in [9.17, 15) is 4.79 Å². The van der Waals surface area contributed by atoms with Crippen molar-refractivity contribution in [1.82, 2.24) is 24.8 Å². The highest BCUT2D eigenvalue weighted by Crippen LogP contribution is 2.28. The molecule has 0 saturated carbocycles. The molecule has 6 heteroatoms. The largest absolute Gasteiger partial charge is 0.338 e. The van der Waals surface area contributed by atoms with Gasteiger partial charge in [0.15, 0.2) is 5.65 Å². The van der Waals surface area contributed by atoms with Gasteiger partial charge in [-0.05, 0) is 31.7 Å². The van der Waals surface area contributed by atoms with Crippen molar-refractivity contribution in [2.75, 3.05) is 26.2 Å². The van der Waals surface area contributed by atoms with E-state index in [1.54, 1.807) is 10.7 Å². The summed E-state index contributed by atoms with van der Waals surface area (Å²) in [4.78, 5) is 19.3. The Labute approximate surface area is 123 Å². The van der Waals surface area contributed by atoms with Crippen LogP contribution in [-0.4, -0.2) is 51.6 Å². The van der Waals surface area contributed by atoms with Gasteiger partial charge < -0.3 is 10.2 Å². The molecule has 0 aromatic carbocycles. The molecule has 2 saturated heterocycles. The molecule has 1 amide bonds. The van der Waals surface area contributed by atoms with Crippen LogP contribution in [0.5, 0.6) is 0 Å². The second kappa shape index (κ2) is 4.53. The Kier molecular flexibility index (Phi) is 2.75. The van der Waals surface area contributed by atoms with E-state index in [0.717, 1.165) is 37.6 Å². The highest BCUT2D eigenvalue weighted by molar-refractivity contribution is 5.99. The fourth-order valence-electron chi connectivity index (χ4n) is 3.61. The fraction of sp³-hybridized carbons (Fsp3) is 0.533. The monoisotopic (exact) mass is 285 g/mol. The summed E-state index contributed by atoms with van der Waals surface area (Å²) in [5, 5.41) is 7.71. The predicted molar refractivity (Wildman–Crippen MR) is 78.2 cm³/mol. The van der Waals surface area contributed by atoms with Crippen LogP contribution in [0.15, 0.2) is 12.3 Å². The van der Waals surface area contributed by atoms with E-state index in [-0.39, 0.29) is 5.91 Å². The van der Waals surface area contributed by atoms with Crippen molar-refractivity contribution in [1.29, 1.82) is 0 Å². The maximum atomic E-state index is 12.8. The van der Waals surface area contributed by atoms with Gasteiger partial charge in [0, 0.05) is 37.6 Å². The van der Waals surface area contributed by atoms with Crippen molar-refractivity contribution in [3.8, 4) is 0 Å². The first-order valence-electron chi connectivity index (χ1n) is 7.45. The lowest BCUT2D eigenvalue weighted by molar-refractivity contribution is 0.0783. The molecule has 21 heavy (non-hydrogen) atoms. The molecule has 2 aliphatic rings. The fourth-order valence-corrected chi connectivity index (χ4v) is 3.61. The Balaban J connectivity index is 1.69. The Hall–Kier alpha value is -1.95. The number of aromatic nitrogens is 3. The summed E-state index contributed by atoms with van der Waals surface area (Å²) < 4.78 is 1.75. The van der Waals surface area contributed by atoms with Crippen molar-refractivity contribution in [2.45, 2.75) is 13.8 Å². The molecule has 0 radical (unpaired) electrons. The van der Waals surface area contributed by atoms with Gasteiger partial charge in [0.1, 0.15) is 5.56 Å². The van der Waals surface area contributed by atoms with Gasteiger partial charge in [-0.15, -0.1) is 0 Å². The summed E-state index contributed by atoms with van der Waals surface area (Å²) in [5.41, 5.74) is 3.21. The normalized spacial score (nSPS) is 24.8. The number of fused-ring (bicyclic) bond motifs is 2. The molecule has 2 fully saturated rings. The summed E-state index contributed by atoms with van der Waals surface area (Å²) in [7, 11) is 0. The maximum absolute atomic E-state index is 12.8. The van der Waals surface area contributed by atoms with E-state index in [2.05, 4.69) is 15.4 Å². The summed E-state index contributed by atoms with van der Waals surface area (Å²) in [6.07, 6.45) is 1.66. The topological polar surface area (TPSA) is 62.5 Å². The lowest BCUT2D eigenvalue weighted by Crippen LogP contribution is -2.31. The number of carbonyl (C=O) groups excluding carboxylic acids is 1. The minimum absolute atomic E-state index is 0.0666. The van der Waals surface area contributed by atoms with Crippen LogP contribution in [0.4, 0.5) is 0 Å². The molecular weight excluding hydrogens is 266 g/mol. The molecule has 4 rings (SSSR count). The molecule has 2 atom stereocenters. The van der Waals surface area contributed by atoms with Gasteiger partial charge in [0.25, 0.3) is 5.91 Å². The van der Waals surface area contributed by atoms with Crippen LogP contribution < -0.4 is 5.32 Å². The minimum atomic E-state index is 0.0666. The number of carbonyl (C=O) groups is 1. The van der Waals surface area contributed by atoms with Gasteiger partial charge in [-0.2, -0.15) is 5.10 Å². The van der Waals surface area contributed by atoms with Crippen molar-refractivity contribution < 1.29 is 4.79 Å². The number of likely N-dealkylation sites (tertiary alicyclic amines) is 1. The molecule has 1 N–H and O–H groups in total. The van der Waals surface area contributed by atoms with E-state index in [1.165, 1.54) is 0 Å². The Morgan fingerprint density at radius 3 is 2.71 bits per heavy atom. The highest BCUT2D eigenvalue weighted by Gasteiger charge is 2.38. The molecule has 0 spiro atoms. The second-order valence-electron chi connectivity index (χ2n) is 6.22. The number of nitrogens with one attached hydrogen (secondary N) is 1. The first-order chi connectivity index (χ1) is 10.1. The SMILES string of the molecule is Cc1cc(C)n2ncc(C(=O)N3C[C@H]4CNC[C@H]4C3)c2n1. The molecule has 4 heterocycles. The van der Waals surface area contributed by atoms with Crippen LogP contribution in [0.3, 0.4) is 0 Å². The van der Waals surface area contributed by atoms with Crippen LogP contribution in [0.1, 0.15) is 21.7 Å². The van der Waals surface area contributed by atoms with E-state index < -0.39 is 0 Å². The van der Waals surface area contributed by atoms with Gasteiger partial charge in [-0.25, -0.2) is 9.50 Å². The number of rotatable bonds is 1. The Bertz CT molecular complexity index is 710. The van der Waals surface area contributed by atoms with Gasteiger partial charge >= 0.3 is 0 Å². The molecule has 6 nitrogen and oxygen atoms in total. The lowest BCUT2D eigenvalue weighted by Gasteiger charge is -2.16. The Morgan fingerprint density at radius 1 is 1.29 bits per heavy atom. The van der Waals surface area contributed by atoms with Crippen molar-refractivity contribution in [3.63, 3.8) is 0 Å². The smallest absolute Gasteiger partial charge is 0.259 e. The van der Waals surface area contributed by atoms with Crippen molar-refractivity contribution >= 4 is 11.6 Å². The molecule has 0 bridgehead atoms. The zero-order chi connectivity index (χ0) is 14.6. The third kappa shape index (κ3) is 1.93. The van der Waals surface area contributed by atoms with Gasteiger partial charge in [0.05, 0.1) is 6.20 Å². The number of aryl methyl sites for hydroxylation is 2. The third-order valence-electron chi connectivity index (χ3n) is 4.69. The zero-order valence-electron chi connectivity index (χ0n) is 12.3. The van der Waals surface area contributed by atoms with Crippen LogP contribution in [-0.2, 0) is 0 Å². The first-order valence-corrected chi connectivity index (χ1v) is 7.45. The summed E-state index contributed by atoms with van der Waals surface area (Å²) >= 11 is 0. The Morgan fingerprint density at radius 2 is 2.00 bits per heavy atom. The minimum Gasteiger partial charge on any atom is -0.338 e. The van der Waals surface area contributed by atoms with Crippen molar-refractivity contribution in [3.05, 3.63) is 29.2 Å². The van der Waals surface area contributed by atoms with Crippen LogP contribution in [0.25, 0.3) is 5.65 Å². The maximum Gasteiger partial charge on any atom is 0.259 e. The van der Waals surface area contributed by atoms with Crippen LogP contribution >= 0.6 is 0 Å². The lowest BCUT2D eigenvalue weighted by atomic mass is 10.0. The average Bonchev–Trinajstić information content (AvgIpc) is 3.10. The van der Waals surface area contributed by atoms with E-state index in [0.29, 0.717) is 23.0 Å². The summed E-state index contributed by atoms with van der Waals surface area (Å²) in [6.45, 7) is 7.67. The number of amides is 1. The van der Waals surface area contributed by atoms with Gasteiger partial charge in [0.2, 0.25) is 0 Å². The molecule has 2 aromatic rings. The van der Waals surface area contributed by atoms with Gasteiger partial charge in [-0.1, -0.05) is 0 Å². The molecule has 0 aliphatic carbocycles.